The molecule has 0 aliphatic heterocycles. The first-order valence-corrected chi connectivity index (χ1v) is 6.43. The Bertz CT molecular complexity index is 622. The van der Waals surface area contributed by atoms with Crippen LogP contribution in [0.5, 0.6) is 0 Å². The number of rotatable bonds is 5. The van der Waals surface area contributed by atoms with E-state index in [4.69, 9.17) is 0 Å². The van der Waals surface area contributed by atoms with Gasteiger partial charge in [0.15, 0.2) is 5.69 Å². The first kappa shape index (κ1) is 15.1. The van der Waals surface area contributed by atoms with E-state index in [0.717, 1.165) is 11.1 Å². The molecular formula is C14H17N3O4. The minimum atomic E-state index is -0.817. The lowest BCUT2D eigenvalue weighted by atomic mass is 10.1. The van der Waals surface area contributed by atoms with E-state index in [1.807, 2.05) is 31.2 Å². The van der Waals surface area contributed by atoms with Crippen molar-refractivity contribution >= 4 is 5.97 Å². The van der Waals surface area contributed by atoms with Crippen LogP contribution in [0.4, 0.5) is 0 Å². The van der Waals surface area contributed by atoms with Gasteiger partial charge in [-0.1, -0.05) is 35.0 Å². The van der Waals surface area contributed by atoms with Gasteiger partial charge in [-0.3, -0.25) is 0 Å². The van der Waals surface area contributed by atoms with Crippen LogP contribution < -0.4 is 0 Å². The number of carbonyl (C=O) groups is 1. The summed E-state index contributed by atoms with van der Waals surface area (Å²) in [4.78, 5) is 11.5. The highest BCUT2D eigenvalue weighted by Crippen LogP contribution is 2.17. The van der Waals surface area contributed by atoms with Gasteiger partial charge in [-0.2, -0.15) is 0 Å². The van der Waals surface area contributed by atoms with Gasteiger partial charge in [-0.25, -0.2) is 9.48 Å². The van der Waals surface area contributed by atoms with Crippen molar-refractivity contribution in [1.29, 1.82) is 0 Å². The molecule has 2 N–H and O–H groups in total. The van der Waals surface area contributed by atoms with Crippen LogP contribution in [0.25, 0.3) is 0 Å². The normalized spacial score (nSPS) is 12.2. The highest BCUT2D eigenvalue weighted by molar-refractivity contribution is 5.88. The molecule has 1 atom stereocenters. The third-order valence-electron chi connectivity index (χ3n) is 3.17. The molecule has 1 aromatic heterocycles. The standard InChI is InChI=1S/C14H17N3O4/c1-9-3-5-10(6-4-9)12(19)7-17-11(8-18)13(15-16-17)14(20)21-2/h3-6,12,18-19H,7-8H2,1-2H3/t12-/m0/s1. The Kier molecular flexibility index (Phi) is 4.66. The van der Waals surface area contributed by atoms with E-state index >= 15 is 0 Å². The molecule has 0 aliphatic rings. The monoisotopic (exact) mass is 291 g/mol. The zero-order valence-electron chi connectivity index (χ0n) is 11.9. The number of aryl methyl sites for hydroxylation is 1. The summed E-state index contributed by atoms with van der Waals surface area (Å²) >= 11 is 0. The van der Waals surface area contributed by atoms with Crippen molar-refractivity contribution in [2.45, 2.75) is 26.2 Å². The maximum absolute atomic E-state index is 11.5. The second-order valence-corrected chi connectivity index (χ2v) is 4.64. The third kappa shape index (κ3) is 3.26. The predicted octanol–water partition coefficient (Wildman–Crippen LogP) is 0.599. The fourth-order valence-corrected chi connectivity index (χ4v) is 1.95. The van der Waals surface area contributed by atoms with Crippen LogP contribution in [0.3, 0.4) is 0 Å². The minimum absolute atomic E-state index is 0.0453. The van der Waals surface area contributed by atoms with Gasteiger partial charge in [-0.15, -0.1) is 5.10 Å². The molecule has 0 radical (unpaired) electrons. The summed E-state index contributed by atoms with van der Waals surface area (Å²) in [5, 5.41) is 27.0. The number of benzene rings is 1. The third-order valence-corrected chi connectivity index (χ3v) is 3.17. The van der Waals surface area contributed by atoms with Crippen LogP contribution in [0.15, 0.2) is 24.3 Å². The van der Waals surface area contributed by atoms with E-state index in [0.29, 0.717) is 0 Å². The predicted molar refractivity (Wildman–Crippen MR) is 73.4 cm³/mol. The number of aromatic nitrogens is 3. The molecule has 0 amide bonds. The van der Waals surface area contributed by atoms with E-state index in [1.165, 1.54) is 11.8 Å². The number of aliphatic hydroxyl groups is 2. The molecule has 21 heavy (non-hydrogen) atoms. The van der Waals surface area contributed by atoms with Crippen LogP contribution in [0.2, 0.25) is 0 Å². The smallest absolute Gasteiger partial charge is 0.360 e. The zero-order valence-corrected chi connectivity index (χ0v) is 11.9. The number of methoxy groups -OCH3 is 1. The molecule has 0 fully saturated rings. The fourth-order valence-electron chi connectivity index (χ4n) is 1.95. The second kappa shape index (κ2) is 6.47. The maximum atomic E-state index is 11.5. The van der Waals surface area contributed by atoms with Crippen molar-refractivity contribution in [3.63, 3.8) is 0 Å². The Morgan fingerprint density at radius 2 is 2.05 bits per heavy atom. The number of nitrogens with zero attached hydrogens (tertiary/aromatic N) is 3. The number of aliphatic hydroxyl groups excluding tert-OH is 2. The molecule has 7 heteroatoms. The number of carbonyl (C=O) groups excluding carboxylic acids is 1. The summed E-state index contributed by atoms with van der Waals surface area (Å²) in [6.45, 7) is 1.63. The van der Waals surface area contributed by atoms with Crippen molar-refractivity contribution < 1.29 is 19.7 Å². The van der Waals surface area contributed by atoms with Crippen molar-refractivity contribution in [2.75, 3.05) is 7.11 Å². The van der Waals surface area contributed by atoms with Crippen LogP contribution in [-0.4, -0.2) is 38.3 Å². The molecule has 1 heterocycles. The van der Waals surface area contributed by atoms with E-state index in [2.05, 4.69) is 15.0 Å². The van der Waals surface area contributed by atoms with Crippen molar-refractivity contribution in [3.05, 3.63) is 46.8 Å². The highest BCUT2D eigenvalue weighted by Gasteiger charge is 2.21. The number of ether oxygens (including phenoxy) is 1. The molecule has 0 unspecified atom stereocenters. The van der Waals surface area contributed by atoms with E-state index in [-0.39, 0.29) is 17.9 Å². The maximum Gasteiger partial charge on any atom is 0.360 e. The van der Waals surface area contributed by atoms with Gasteiger partial charge in [0.1, 0.15) is 0 Å². The van der Waals surface area contributed by atoms with E-state index in [9.17, 15) is 15.0 Å². The first-order valence-electron chi connectivity index (χ1n) is 6.43. The molecule has 2 aromatic rings. The molecule has 112 valence electrons. The quantitative estimate of drug-likeness (QED) is 0.783. The minimum Gasteiger partial charge on any atom is -0.464 e. The molecule has 0 aliphatic carbocycles. The second-order valence-electron chi connectivity index (χ2n) is 4.64. The average molecular weight is 291 g/mol. The number of hydrogen-bond donors (Lipinski definition) is 2. The Balaban J connectivity index is 2.21. The van der Waals surface area contributed by atoms with Crippen LogP contribution >= 0.6 is 0 Å². The van der Waals surface area contributed by atoms with Gasteiger partial charge < -0.3 is 14.9 Å². The molecule has 0 spiro atoms. The molecule has 0 bridgehead atoms. The Labute approximate surface area is 121 Å². The largest absolute Gasteiger partial charge is 0.464 e. The Hall–Kier alpha value is -2.25. The van der Waals surface area contributed by atoms with Gasteiger partial charge in [-0.05, 0) is 12.5 Å². The SMILES string of the molecule is COC(=O)c1nnn(C[C@H](O)c2ccc(C)cc2)c1CO. The van der Waals surface area contributed by atoms with Crippen molar-refractivity contribution in [2.24, 2.45) is 0 Å². The molecular weight excluding hydrogens is 274 g/mol. The van der Waals surface area contributed by atoms with Crippen LogP contribution in [0.1, 0.15) is 33.4 Å². The van der Waals surface area contributed by atoms with E-state index in [1.54, 1.807) is 0 Å². The highest BCUT2D eigenvalue weighted by atomic mass is 16.5. The van der Waals surface area contributed by atoms with E-state index < -0.39 is 18.7 Å². The summed E-state index contributed by atoms with van der Waals surface area (Å²) in [5.74, 6) is -0.671. The first-order chi connectivity index (χ1) is 10.1. The molecule has 0 saturated carbocycles. The summed E-state index contributed by atoms with van der Waals surface area (Å²) in [6.07, 6.45) is -0.817. The number of hydrogen-bond acceptors (Lipinski definition) is 6. The lowest BCUT2D eigenvalue weighted by Gasteiger charge is -2.12. The Morgan fingerprint density at radius 1 is 1.38 bits per heavy atom. The molecule has 2 rings (SSSR count). The summed E-state index contributed by atoms with van der Waals surface area (Å²) in [7, 11) is 1.23. The molecule has 7 nitrogen and oxygen atoms in total. The lowest BCUT2D eigenvalue weighted by Crippen LogP contribution is -2.14. The van der Waals surface area contributed by atoms with Crippen LogP contribution in [0, 0.1) is 6.92 Å². The summed E-state index contributed by atoms with van der Waals surface area (Å²) in [6, 6.07) is 7.42. The topological polar surface area (TPSA) is 97.5 Å². The number of esters is 1. The lowest BCUT2D eigenvalue weighted by molar-refractivity contribution is 0.0589. The molecule has 1 aromatic carbocycles. The summed E-state index contributed by atoms with van der Waals surface area (Å²) in [5.41, 5.74) is 1.99. The van der Waals surface area contributed by atoms with Gasteiger partial charge in [0.05, 0.1) is 32.1 Å². The van der Waals surface area contributed by atoms with Crippen LogP contribution in [-0.2, 0) is 17.9 Å². The van der Waals surface area contributed by atoms with Gasteiger partial charge in [0, 0.05) is 0 Å². The summed E-state index contributed by atoms with van der Waals surface area (Å²) < 4.78 is 5.87. The fraction of sp³-hybridized carbons (Fsp3) is 0.357. The van der Waals surface area contributed by atoms with Gasteiger partial charge in [0.2, 0.25) is 0 Å². The Morgan fingerprint density at radius 3 is 2.62 bits per heavy atom. The van der Waals surface area contributed by atoms with Gasteiger partial charge >= 0.3 is 5.97 Å². The van der Waals surface area contributed by atoms with Gasteiger partial charge in [0.25, 0.3) is 0 Å². The molecule has 0 saturated heterocycles. The van der Waals surface area contributed by atoms with Crippen molar-refractivity contribution in [3.8, 4) is 0 Å². The average Bonchev–Trinajstić information content (AvgIpc) is 2.89. The van der Waals surface area contributed by atoms with Crippen molar-refractivity contribution in [1.82, 2.24) is 15.0 Å². The zero-order chi connectivity index (χ0) is 15.4.